The first-order valence-electron chi connectivity index (χ1n) is 11.3. The molecule has 0 radical (unpaired) electrons. The van der Waals surface area contributed by atoms with Gasteiger partial charge < -0.3 is 24.8 Å². The van der Waals surface area contributed by atoms with Crippen molar-refractivity contribution in [2.45, 2.75) is 12.8 Å². The first-order valence-corrected chi connectivity index (χ1v) is 11.3. The van der Waals surface area contributed by atoms with E-state index in [1.165, 1.54) is 12.3 Å². The number of fused-ring (bicyclic) bond motifs is 1. The molecule has 36 heavy (non-hydrogen) atoms. The molecule has 2 N–H and O–H groups in total. The van der Waals surface area contributed by atoms with Crippen molar-refractivity contribution in [2.75, 3.05) is 38.7 Å². The van der Waals surface area contributed by atoms with Gasteiger partial charge in [0.2, 0.25) is 11.7 Å². The summed E-state index contributed by atoms with van der Waals surface area (Å²) in [5.41, 5.74) is 1.86. The van der Waals surface area contributed by atoms with Crippen LogP contribution in [0.2, 0.25) is 0 Å². The second-order valence-electron chi connectivity index (χ2n) is 8.44. The number of ether oxygens (including phenoxy) is 1. The predicted molar refractivity (Wildman–Crippen MR) is 127 cm³/mol. The van der Waals surface area contributed by atoms with Crippen molar-refractivity contribution < 1.29 is 23.2 Å². The zero-order valence-electron chi connectivity index (χ0n) is 19.7. The van der Waals surface area contributed by atoms with Gasteiger partial charge in [-0.05, 0) is 31.2 Å². The van der Waals surface area contributed by atoms with E-state index in [0.29, 0.717) is 49.0 Å². The Labute approximate surface area is 205 Å². The van der Waals surface area contributed by atoms with E-state index in [2.05, 4.69) is 25.8 Å². The molecule has 0 bridgehead atoms. The molecule has 1 saturated heterocycles. The Balaban J connectivity index is 1.29. The maximum Gasteiger partial charge on any atom is 0.317 e. The van der Waals surface area contributed by atoms with Crippen molar-refractivity contribution in [1.29, 1.82) is 0 Å². The SMILES string of the molecule is COCCNC(=O)N1CC(c2nc(-c3cc(F)c(C)c(NC(=O)c4cnc5ccccn45)c3)no2)C1. The molecule has 4 aromatic rings. The van der Waals surface area contributed by atoms with Gasteiger partial charge in [-0.3, -0.25) is 9.20 Å². The number of halogens is 1. The van der Waals surface area contributed by atoms with Crippen LogP contribution in [0.25, 0.3) is 17.0 Å². The third kappa shape index (κ3) is 4.50. The van der Waals surface area contributed by atoms with E-state index in [4.69, 9.17) is 9.26 Å². The predicted octanol–water partition coefficient (Wildman–Crippen LogP) is 2.84. The van der Waals surface area contributed by atoms with Crippen LogP contribution < -0.4 is 10.6 Å². The quantitative estimate of drug-likeness (QED) is 0.379. The number of hydrogen-bond acceptors (Lipinski definition) is 7. The van der Waals surface area contributed by atoms with Gasteiger partial charge in [-0.25, -0.2) is 14.2 Å². The lowest BCUT2D eigenvalue weighted by atomic mass is 10.0. The summed E-state index contributed by atoms with van der Waals surface area (Å²) in [5, 5.41) is 9.50. The number of nitrogens with one attached hydrogen (secondary N) is 2. The van der Waals surface area contributed by atoms with Crippen molar-refractivity contribution in [2.24, 2.45) is 0 Å². The van der Waals surface area contributed by atoms with E-state index in [1.54, 1.807) is 47.7 Å². The summed E-state index contributed by atoms with van der Waals surface area (Å²) >= 11 is 0. The molecule has 1 aromatic carbocycles. The molecule has 0 unspecified atom stereocenters. The van der Waals surface area contributed by atoms with Gasteiger partial charge in [0, 0.05) is 49.8 Å². The topological polar surface area (TPSA) is 127 Å². The Morgan fingerprint density at radius 1 is 1.28 bits per heavy atom. The molecule has 0 spiro atoms. The van der Waals surface area contributed by atoms with E-state index < -0.39 is 11.7 Å². The standard InChI is InChI=1S/C24H24FN7O4/c1-14-17(25)9-15(10-18(14)28-22(33)19-11-27-20-5-3-4-7-32(19)20)21-29-23(36-30-21)16-12-31(13-16)24(34)26-6-8-35-2/h3-5,7,9-11,16H,6,8,12-13H2,1-2H3,(H,26,34)(H,28,33). The molecule has 186 valence electrons. The molecular formula is C24H24FN7O4. The van der Waals surface area contributed by atoms with Crippen LogP contribution >= 0.6 is 0 Å². The fraction of sp³-hybridized carbons (Fsp3) is 0.292. The Morgan fingerprint density at radius 3 is 2.92 bits per heavy atom. The number of amides is 3. The molecule has 0 saturated carbocycles. The third-order valence-electron chi connectivity index (χ3n) is 6.04. The molecule has 4 heterocycles. The number of nitrogens with zero attached hydrogens (tertiary/aromatic N) is 5. The van der Waals surface area contributed by atoms with E-state index in [-0.39, 0.29) is 29.0 Å². The zero-order chi connectivity index (χ0) is 25.2. The van der Waals surface area contributed by atoms with Crippen molar-refractivity contribution in [1.82, 2.24) is 29.7 Å². The van der Waals surface area contributed by atoms with E-state index in [9.17, 15) is 14.0 Å². The lowest BCUT2D eigenvalue weighted by molar-refractivity contribution is 0.102. The number of methoxy groups -OCH3 is 1. The molecule has 11 nitrogen and oxygen atoms in total. The molecular weight excluding hydrogens is 469 g/mol. The van der Waals surface area contributed by atoms with Gasteiger partial charge in [-0.15, -0.1) is 0 Å². The summed E-state index contributed by atoms with van der Waals surface area (Å²) in [6.07, 6.45) is 3.19. The van der Waals surface area contributed by atoms with Gasteiger partial charge in [-0.2, -0.15) is 4.98 Å². The third-order valence-corrected chi connectivity index (χ3v) is 6.04. The Kier molecular flexibility index (Phi) is 6.34. The highest BCUT2D eigenvalue weighted by Gasteiger charge is 2.35. The van der Waals surface area contributed by atoms with Gasteiger partial charge in [0.05, 0.1) is 18.7 Å². The molecule has 3 amide bonds. The lowest BCUT2D eigenvalue weighted by Gasteiger charge is -2.36. The molecule has 0 atom stereocenters. The van der Waals surface area contributed by atoms with Crippen molar-refractivity contribution >= 4 is 23.3 Å². The second-order valence-corrected chi connectivity index (χ2v) is 8.44. The lowest BCUT2D eigenvalue weighted by Crippen LogP contribution is -2.53. The number of urea groups is 1. The number of pyridine rings is 1. The Morgan fingerprint density at radius 2 is 2.11 bits per heavy atom. The van der Waals surface area contributed by atoms with Crippen molar-refractivity contribution in [3.8, 4) is 11.4 Å². The van der Waals surface area contributed by atoms with Gasteiger partial charge >= 0.3 is 6.03 Å². The maximum atomic E-state index is 14.8. The molecule has 1 aliphatic rings. The van der Waals surface area contributed by atoms with Gasteiger partial charge in [0.15, 0.2) is 0 Å². The van der Waals surface area contributed by atoms with Crippen LogP contribution in [0.4, 0.5) is 14.9 Å². The number of likely N-dealkylation sites (tertiary alicyclic amines) is 1. The monoisotopic (exact) mass is 493 g/mol. The average molecular weight is 493 g/mol. The highest BCUT2D eigenvalue weighted by Crippen LogP contribution is 2.30. The van der Waals surface area contributed by atoms with Crippen LogP contribution in [0.5, 0.6) is 0 Å². The van der Waals surface area contributed by atoms with Gasteiger partial charge in [0.1, 0.15) is 17.2 Å². The fourth-order valence-corrected chi connectivity index (χ4v) is 3.92. The molecule has 12 heteroatoms. The molecule has 0 aliphatic carbocycles. The Bertz CT molecular complexity index is 1430. The van der Waals surface area contributed by atoms with Crippen LogP contribution in [0.15, 0.2) is 47.2 Å². The zero-order valence-corrected chi connectivity index (χ0v) is 19.7. The van der Waals surface area contributed by atoms with Crippen molar-refractivity contribution in [3.63, 3.8) is 0 Å². The largest absolute Gasteiger partial charge is 0.383 e. The summed E-state index contributed by atoms with van der Waals surface area (Å²) in [6, 6.07) is 8.11. The molecule has 5 rings (SSSR count). The normalized spacial score (nSPS) is 13.6. The maximum absolute atomic E-state index is 14.8. The van der Waals surface area contributed by atoms with E-state index in [1.807, 2.05) is 6.07 Å². The number of anilines is 1. The van der Waals surface area contributed by atoms with Crippen LogP contribution in [-0.2, 0) is 4.74 Å². The van der Waals surface area contributed by atoms with Crippen LogP contribution in [0.3, 0.4) is 0 Å². The minimum atomic E-state index is -0.519. The Hall–Kier alpha value is -4.32. The van der Waals surface area contributed by atoms with Gasteiger partial charge in [0.25, 0.3) is 5.91 Å². The smallest absolute Gasteiger partial charge is 0.317 e. The minimum Gasteiger partial charge on any atom is -0.383 e. The van der Waals surface area contributed by atoms with Crippen LogP contribution in [0, 0.1) is 12.7 Å². The number of hydrogen-bond donors (Lipinski definition) is 2. The number of carbonyl (C=O) groups is 2. The second kappa shape index (κ2) is 9.74. The molecule has 1 aliphatic heterocycles. The minimum absolute atomic E-state index is 0.107. The summed E-state index contributed by atoms with van der Waals surface area (Å²) in [4.78, 5) is 35.2. The van der Waals surface area contributed by atoms with Crippen LogP contribution in [0.1, 0.15) is 27.9 Å². The number of aromatic nitrogens is 4. The summed E-state index contributed by atoms with van der Waals surface area (Å²) in [5.74, 6) is -0.500. The van der Waals surface area contributed by atoms with E-state index >= 15 is 0 Å². The van der Waals surface area contributed by atoms with E-state index in [0.717, 1.165) is 0 Å². The first kappa shape index (κ1) is 23.4. The van der Waals surface area contributed by atoms with Crippen LogP contribution in [-0.4, -0.2) is 69.7 Å². The number of carbonyl (C=O) groups excluding carboxylic acids is 2. The summed E-state index contributed by atoms with van der Waals surface area (Å²) in [6.45, 7) is 3.30. The van der Waals surface area contributed by atoms with Gasteiger partial charge in [-0.1, -0.05) is 11.2 Å². The summed E-state index contributed by atoms with van der Waals surface area (Å²) < 4.78 is 26.7. The number of benzene rings is 1. The fourth-order valence-electron chi connectivity index (χ4n) is 3.92. The summed E-state index contributed by atoms with van der Waals surface area (Å²) in [7, 11) is 1.57. The number of rotatable bonds is 7. The first-order chi connectivity index (χ1) is 17.4. The average Bonchev–Trinajstić information content (AvgIpc) is 3.49. The molecule has 1 fully saturated rings. The van der Waals surface area contributed by atoms with Crippen molar-refractivity contribution in [3.05, 3.63) is 65.7 Å². The number of imidazole rings is 1. The molecule has 3 aromatic heterocycles. The highest BCUT2D eigenvalue weighted by molar-refractivity contribution is 6.04. The highest BCUT2D eigenvalue weighted by atomic mass is 19.1.